The number of hydrogen-bond acceptors (Lipinski definition) is 2. The van der Waals surface area contributed by atoms with Gasteiger partial charge >= 0.3 is 0 Å². The molecule has 0 aromatic heterocycles. The van der Waals surface area contributed by atoms with Gasteiger partial charge in [-0.25, -0.2) is 0 Å². The van der Waals surface area contributed by atoms with Crippen molar-refractivity contribution in [3.63, 3.8) is 0 Å². The number of rotatable bonds is 5. The van der Waals surface area contributed by atoms with E-state index in [1.807, 2.05) is 36.4 Å². The van der Waals surface area contributed by atoms with E-state index in [1.165, 1.54) is 5.56 Å². The SMILES string of the molecule is CCC(C)c1ccc(C(=O)c2ccccc2OC)cc1. The van der Waals surface area contributed by atoms with Crippen molar-refractivity contribution in [2.45, 2.75) is 26.2 Å². The van der Waals surface area contributed by atoms with Crippen LogP contribution in [0.4, 0.5) is 0 Å². The number of benzene rings is 2. The second kappa shape index (κ2) is 6.38. The number of carbonyl (C=O) groups excluding carboxylic acids is 1. The minimum atomic E-state index is -0.00171. The average molecular weight is 268 g/mol. The van der Waals surface area contributed by atoms with Crippen LogP contribution in [0, 0.1) is 0 Å². The molecule has 2 nitrogen and oxygen atoms in total. The van der Waals surface area contributed by atoms with Gasteiger partial charge < -0.3 is 4.74 Å². The van der Waals surface area contributed by atoms with Crippen molar-refractivity contribution >= 4 is 5.78 Å². The summed E-state index contributed by atoms with van der Waals surface area (Å²) < 4.78 is 5.25. The van der Waals surface area contributed by atoms with Crippen LogP contribution in [-0.4, -0.2) is 12.9 Å². The smallest absolute Gasteiger partial charge is 0.196 e. The van der Waals surface area contributed by atoms with Crippen LogP contribution in [0.15, 0.2) is 48.5 Å². The van der Waals surface area contributed by atoms with E-state index in [0.717, 1.165) is 6.42 Å². The van der Waals surface area contributed by atoms with Crippen molar-refractivity contribution in [3.05, 3.63) is 65.2 Å². The molecule has 0 aliphatic rings. The summed E-state index contributed by atoms with van der Waals surface area (Å²) in [5.41, 5.74) is 2.57. The fraction of sp³-hybridized carbons (Fsp3) is 0.278. The molecule has 0 amide bonds. The first-order valence-electron chi connectivity index (χ1n) is 6.95. The number of methoxy groups -OCH3 is 1. The molecule has 0 saturated heterocycles. The highest BCUT2D eigenvalue weighted by atomic mass is 16.5. The van der Waals surface area contributed by atoms with Gasteiger partial charge in [0.1, 0.15) is 5.75 Å². The van der Waals surface area contributed by atoms with Crippen molar-refractivity contribution in [2.24, 2.45) is 0 Å². The number of carbonyl (C=O) groups is 1. The highest BCUT2D eigenvalue weighted by Gasteiger charge is 2.14. The van der Waals surface area contributed by atoms with E-state index in [-0.39, 0.29) is 5.78 Å². The normalized spacial score (nSPS) is 11.9. The van der Waals surface area contributed by atoms with Gasteiger partial charge in [-0.1, -0.05) is 50.2 Å². The van der Waals surface area contributed by atoms with E-state index < -0.39 is 0 Å². The first-order valence-corrected chi connectivity index (χ1v) is 6.95. The topological polar surface area (TPSA) is 26.3 Å². The van der Waals surface area contributed by atoms with E-state index >= 15 is 0 Å². The quantitative estimate of drug-likeness (QED) is 0.749. The molecule has 0 aliphatic heterocycles. The molecule has 2 rings (SSSR count). The number of para-hydroxylation sites is 1. The zero-order valence-corrected chi connectivity index (χ0v) is 12.2. The molecular weight excluding hydrogens is 248 g/mol. The van der Waals surface area contributed by atoms with Gasteiger partial charge in [0.2, 0.25) is 0 Å². The molecule has 0 fully saturated rings. The molecule has 2 aromatic rings. The molecular formula is C18H20O2. The second-order valence-electron chi connectivity index (χ2n) is 4.96. The molecule has 0 radical (unpaired) electrons. The molecule has 1 unspecified atom stereocenters. The van der Waals surface area contributed by atoms with Gasteiger partial charge in [0.05, 0.1) is 12.7 Å². The predicted octanol–water partition coefficient (Wildman–Crippen LogP) is 4.44. The molecule has 0 heterocycles. The van der Waals surface area contributed by atoms with Gasteiger partial charge in [-0.05, 0) is 30.0 Å². The lowest BCUT2D eigenvalue weighted by atomic mass is 9.95. The third kappa shape index (κ3) is 2.90. The Balaban J connectivity index is 2.29. The molecule has 0 saturated carbocycles. The fourth-order valence-corrected chi connectivity index (χ4v) is 2.19. The monoisotopic (exact) mass is 268 g/mol. The van der Waals surface area contributed by atoms with Crippen LogP contribution in [0.1, 0.15) is 47.7 Å². The summed E-state index contributed by atoms with van der Waals surface area (Å²) in [6.07, 6.45) is 1.10. The van der Waals surface area contributed by atoms with Crippen LogP contribution in [-0.2, 0) is 0 Å². The molecule has 1 atom stereocenters. The molecule has 2 aromatic carbocycles. The third-order valence-corrected chi connectivity index (χ3v) is 3.71. The second-order valence-corrected chi connectivity index (χ2v) is 4.96. The Hall–Kier alpha value is -2.09. The largest absolute Gasteiger partial charge is 0.496 e. The zero-order valence-electron chi connectivity index (χ0n) is 12.2. The van der Waals surface area contributed by atoms with Gasteiger partial charge in [-0.3, -0.25) is 4.79 Å². The minimum absolute atomic E-state index is 0.00171. The van der Waals surface area contributed by atoms with E-state index in [0.29, 0.717) is 22.8 Å². The summed E-state index contributed by atoms with van der Waals surface area (Å²) in [5, 5.41) is 0. The maximum Gasteiger partial charge on any atom is 0.196 e. The highest BCUT2D eigenvalue weighted by Crippen LogP contribution is 2.23. The zero-order chi connectivity index (χ0) is 14.5. The molecule has 2 heteroatoms. The summed E-state index contributed by atoms with van der Waals surface area (Å²) in [5.74, 6) is 1.13. The van der Waals surface area contributed by atoms with Crippen molar-refractivity contribution in [1.82, 2.24) is 0 Å². The summed E-state index contributed by atoms with van der Waals surface area (Å²) >= 11 is 0. The Labute approximate surface area is 120 Å². The van der Waals surface area contributed by atoms with Crippen LogP contribution in [0.2, 0.25) is 0 Å². The standard InChI is InChI=1S/C18H20O2/c1-4-13(2)14-9-11-15(12-10-14)18(19)16-7-5-6-8-17(16)20-3/h5-13H,4H2,1-3H3. The molecule has 20 heavy (non-hydrogen) atoms. The van der Waals surface area contributed by atoms with Crippen molar-refractivity contribution < 1.29 is 9.53 Å². The maximum atomic E-state index is 12.5. The Morgan fingerprint density at radius 2 is 1.75 bits per heavy atom. The Morgan fingerprint density at radius 3 is 2.35 bits per heavy atom. The van der Waals surface area contributed by atoms with Crippen LogP contribution in [0.25, 0.3) is 0 Å². The van der Waals surface area contributed by atoms with E-state index in [4.69, 9.17) is 4.74 Å². The molecule has 0 spiro atoms. The fourth-order valence-electron chi connectivity index (χ4n) is 2.19. The van der Waals surface area contributed by atoms with Crippen molar-refractivity contribution in [1.29, 1.82) is 0 Å². The predicted molar refractivity (Wildman–Crippen MR) is 81.6 cm³/mol. The van der Waals surface area contributed by atoms with Crippen LogP contribution < -0.4 is 4.74 Å². The lowest BCUT2D eigenvalue weighted by Gasteiger charge is -2.10. The summed E-state index contributed by atoms with van der Waals surface area (Å²) in [6.45, 7) is 4.36. The summed E-state index contributed by atoms with van der Waals surface area (Å²) in [7, 11) is 1.58. The molecule has 0 bridgehead atoms. The Morgan fingerprint density at radius 1 is 1.10 bits per heavy atom. The van der Waals surface area contributed by atoms with Crippen LogP contribution in [0.5, 0.6) is 5.75 Å². The molecule has 104 valence electrons. The van der Waals surface area contributed by atoms with Gasteiger partial charge in [0.15, 0.2) is 5.78 Å². The first-order chi connectivity index (χ1) is 9.67. The lowest BCUT2D eigenvalue weighted by Crippen LogP contribution is -2.04. The van der Waals surface area contributed by atoms with Crippen LogP contribution >= 0.6 is 0 Å². The maximum absolute atomic E-state index is 12.5. The van der Waals surface area contributed by atoms with Gasteiger partial charge in [-0.15, -0.1) is 0 Å². The third-order valence-electron chi connectivity index (χ3n) is 3.71. The van der Waals surface area contributed by atoms with Crippen molar-refractivity contribution in [2.75, 3.05) is 7.11 Å². The van der Waals surface area contributed by atoms with Gasteiger partial charge in [0, 0.05) is 5.56 Å². The van der Waals surface area contributed by atoms with Gasteiger partial charge in [-0.2, -0.15) is 0 Å². The molecule has 0 aliphatic carbocycles. The van der Waals surface area contributed by atoms with Crippen LogP contribution in [0.3, 0.4) is 0 Å². The molecule has 0 N–H and O–H groups in total. The number of hydrogen-bond donors (Lipinski definition) is 0. The van der Waals surface area contributed by atoms with E-state index in [9.17, 15) is 4.79 Å². The van der Waals surface area contributed by atoms with Gasteiger partial charge in [0.25, 0.3) is 0 Å². The highest BCUT2D eigenvalue weighted by molar-refractivity contribution is 6.10. The lowest BCUT2D eigenvalue weighted by molar-refractivity contribution is 0.103. The first kappa shape index (κ1) is 14.3. The summed E-state index contributed by atoms with van der Waals surface area (Å²) in [6, 6.07) is 15.2. The number of ether oxygens (including phenoxy) is 1. The average Bonchev–Trinajstić information content (AvgIpc) is 2.53. The Kier molecular flexibility index (Phi) is 4.57. The minimum Gasteiger partial charge on any atom is -0.496 e. The number of ketones is 1. The van der Waals surface area contributed by atoms with Crippen molar-refractivity contribution in [3.8, 4) is 5.75 Å². The van der Waals surface area contributed by atoms with E-state index in [1.54, 1.807) is 19.2 Å². The summed E-state index contributed by atoms with van der Waals surface area (Å²) in [4.78, 5) is 12.5. The Bertz CT molecular complexity index is 585. The van der Waals surface area contributed by atoms with E-state index in [2.05, 4.69) is 13.8 Å².